The van der Waals surface area contributed by atoms with Crippen LogP contribution in [0.2, 0.25) is 0 Å². The van der Waals surface area contributed by atoms with Crippen molar-refractivity contribution in [2.75, 3.05) is 14.2 Å². The first kappa shape index (κ1) is 12.0. The number of carbonyl (C=O) groups excluding carboxylic acids is 2. The number of hydrogen-bond acceptors (Lipinski definition) is 5. The van der Waals surface area contributed by atoms with Crippen molar-refractivity contribution in [2.45, 2.75) is 6.42 Å². The largest absolute Gasteiger partial charge is 0.504 e. The lowest BCUT2D eigenvalue weighted by Gasteiger charge is -2.05. The summed E-state index contributed by atoms with van der Waals surface area (Å²) in [5.41, 5.74) is 0.574. The highest BCUT2D eigenvalue weighted by atomic mass is 16.5. The van der Waals surface area contributed by atoms with E-state index in [1.807, 2.05) is 0 Å². The summed E-state index contributed by atoms with van der Waals surface area (Å²) in [5.74, 6) is -1.28. The van der Waals surface area contributed by atoms with Gasteiger partial charge in [-0.2, -0.15) is 0 Å². The van der Waals surface area contributed by atoms with Gasteiger partial charge in [-0.1, -0.05) is 6.07 Å². The molecule has 16 heavy (non-hydrogen) atoms. The number of hydrogen-bond donors (Lipinski definition) is 1. The molecule has 0 atom stereocenters. The predicted octanol–water partition coefficient (Wildman–Crippen LogP) is 0.685. The molecule has 0 saturated heterocycles. The second-order valence-corrected chi connectivity index (χ2v) is 3.10. The maximum atomic E-state index is 11.3. The molecule has 5 nitrogen and oxygen atoms in total. The Kier molecular flexibility index (Phi) is 3.88. The van der Waals surface area contributed by atoms with Crippen LogP contribution in [0.4, 0.5) is 0 Å². The third-order valence-corrected chi connectivity index (χ3v) is 2.02. The van der Waals surface area contributed by atoms with Gasteiger partial charge in [-0.25, -0.2) is 4.79 Å². The van der Waals surface area contributed by atoms with Gasteiger partial charge in [-0.05, 0) is 17.7 Å². The molecule has 0 aromatic heterocycles. The standard InChI is InChI=1S/C11H12O5/c1-15-10-6-7(3-4-8(10)12)5-9(13)11(14)16-2/h3-4,6,12H,5H2,1-2H3. The van der Waals surface area contributed by atoms with Crippen LogP contribution >= 0.6 is 0 Å². The lowest BCUT2D eigenvalue weighted by molar-refractivity contribution is -0.151. The van der Waals surface area contributed by atoms with E-state index in [4.69, 9.17) is 4.74 Å². The first-order valence-corrected chi connectivity index (χ1v) is 4.55. The number of phenols is 1. The predicted molar refractivity (Wildman–Crippen MR) is 55.4 cm³/mol. The Bertz CT molecular complexity index is 411. The van der Waals surface area contributed by atoms with Gasteiger partial charge in [0, 0.05) is 6.42 Å². The Morgan fingerprint density at radius 2 is 2.00 bits per heavy atom. The average molecular weight is 224 g/mol. The summed E-state index contributed by atoms with van der Waals surface area (Å²) in [6, 6.07) is 4.44. The van der Waals surface area contributed by atoms with E-state index >= 15 is 0 Å². The van der Waals surface area contributed by atoms with E-state index in [-0.39, 0.29) is 17.9 Å². The van der Waals surface area contributed by atoms with Crippen LogP contribution in [0.5, 0.6) is 11.5 Å². The Labute approximate surface area is 92.6 Å². The van der Waals surface area contributed by atoms with Crippen LogP contribution in [0.15, 0.2) is 18.2 Å². The molecule has 0 aliphatic carbocycles. The molecule has 0 saturated carbocycles. The zero-order chi connectivity index (χ0) is 12.1. The molecule has 0 bridgehead atoms. The van der Waals surface area contributed by atoms with Crippen LogP contribution in [-0.2, 0) is 20.7 Å². The highest BCUT2D eigenvalue weighted by Gasteiger charge is 2.15. The molecule has 0 aliphatic rings. The first-order valence-electron chi connectivity index (χ1n) is 4.55. The number of methoxy groups -OCH3 is 2. The van der Waals surface area contributed by atoms with Gasteiger partial charge in [0.15, 0.2) is 11.5 Å². The van der Waals surface area contributed by atoms with Crippen LogP contribution in [0, 0.1) is 0 Å². The van der Waals surface area contributed by atoms with Crippen molar-refractivity contribution in [1.29, 1.82) is 0 Å². The average Bonchev–Trinajstić information content (AvgIpc) is 2.30. The van der Waals surface area contributed by atoms with Gasteiger partial charge in [0.05, 0.1) is 14.2 Å². The summed E-state index contributed by atoms with van der Waals surface area (Å²) < 4.78 is 9.17. The van der Waals surface area contributed by atoms with Gasteiger partial charge in [-0.3, -0.25) is 4.79 Å². The molecule has 0 amide bonds. The van der Waals surface area contributed by atoms with Crippen molar-refractivity contribution < 1.29 is 24.2 Å². The quantitative estimate of drug-likeness (QED) is 0.601. The molecule has 86 valence electrons. The Balaban J connectivity index is 2.82. The maximum Gasteiger partial charge on any atom is 0.374 e. The molecule has 0 fully saturated rings. The zero-order valence-electron chi connectivity index (χ0n) is 9.02. The molecule has 0 radical (unpaired) electrons. The van der Waals surface area contributed by atoms with Gasteiger partial charge in [0.1, 0.15) is 0 Å². The topological polar surface area (TPSA) is 72.8 Å². The fourth-order valence-electron chi connectivity index (χ4n) is 1.20. The summed E-state index contributed by atoms with van der Waals surface area (Å²) in [7, 11) is 2.55. The second-order valence-electron chi connectivity index (χ2n) is 3.10. The SMILES string of the molecule is COC(=O)C(=O)Cc1ccc(O)c(OC)c1. The van der Waals surface area contributed by atoms with Crippen molar-refractivity contribution >= 4 is 11.8 Å². The highest BCUT2D eigenvalue weighted by molar-refractivity contribution is 6.34. The third kappa shape index (κ3) is 2.73. The molecule has 0 unspecified atom stereocenters. The van der Waals surface area contributed by atoms with Gasteiger partial charge in [-0.15, -0.1) is 0 Å². The second kappa shape index (κ2) is 5.16. The minimum absolute atomic E-state index is 0.0169. The molecule has 0 spiro atoms. The van der Waals surface area contributed by atoms with Crippen molar-refractivity contribution in [3.05, 3.63) is 23.8 Å². The van der Waals surface area contributed by atoms with Crippen LogP contribution < -0.4 is 4.74 Å². The normalized spacial score (nSPS) is 9.62. The number of esters is 1. The Hall–Kier alpha value is -2.04. The van der Waals surface area contributed by atoms with E-state index in [1.54, 1.807) is 6.07 Å². The molecule has 0 heterocycles. The van der Waals surface area contributed by atoms with Gasteiger partial charge >= 0.3 is 5.97 Å². The van der Waals surface area contributed by atoms with Crippen LogP contribution in [0.1, 0.15) is 5.56 Å². The van der Waals surface area contributed by atoms with Crippen molar-refractivity contribution in [3.8, 4) is 11.5 Å². The summed E-state index contributed by atoms with van der Waals surface area (Å²) in [6.07, 6.45) is -0.0800. The molecule has 1 aromatic carbocycles. The molecule has 1 aromatic rings. The van der Waals surface area contributed by atoms with Crippen LogP contribution in [0.25, 0.3) is 0 Å². The number of benzene rings is 1. The fourth-order valence-corrected chi connectivity index (χ4v) is 1.20. The van der Waals surface area contributed by atoms with E-state index in [2.05, 4.69) is 4.74 Å². The highest BCUT2D eigenvalue weighted by Crippen LogP contribution is 2.26. The number of carbonyl (C=O) groups is 2. The third-order valence-electron chi connectivity index (χ3n) is 2.02. The van der Waals surface area contributed by atoms with E-state index < -0.39 is 11.8 Å². The number of phenolic OH excluding ortho intramolecular Hbond substituents is 1. The van der Waals surface area contributed by atoms with Crippen LogP contribution in [0.3, 0.4) is 0 Å². The number of Topliss-reactive ketones (excluding diaryl/α,β-unsaturated/α-hetero) is 1. The minimum atomic E-state index is -0.882. The van der Waals surface area contributed by atoms with Crippen LogP contribution in [-0.4, -0.2) is 31.1 Å². The summed E-state index contributed by atoms with van der Waals surface area (Å²) in [6.45, 7) is 0. The molecule has 1 rings (SSSR count). The van der Waals surface area contributed by atoms with E-state index in [0.717, 1.165) is 7.11 Å². The Morgan fingerprint density at radius 3 is 2.56 bits per heavy atom. The van der Waals surface area contributed by atoms with E-state index in [9.17, 15) is 14.7 Å². The number of aromatic hydroxyl groups is 1. The monoisotopic (exact) mass is 224 g/mol. The van der Waals surface area contributed by atoms with Gasteiger partial charge in [0.2, 0.25) is 5.78 Å². The minimum Gasteiger partial charge on any atom is -0.504 e. The lowest BCUT2D eigenvalue weighted by atomic mass is 10.1. The molecule has 5 heteroatoms. The lowest BCUT2D eigenvalue weighted by Crippen LogP contribution is -2.17. The zero-order valence-corrected chi connectivity index (χ0v) is 9.02. The van der Waals surface area contributed by atoms with E-state index in [0.29, 0.717) is 5.56 Å². The molecule has 1 N–H and O–H groups in total. The maximum absolute atomic E-state index is 11.3. The van der Waals surface area contributed by atoms with Crippen molar-refractivity contribution in [2.24, 2.45) is 0 Å². The Morgan fingerprint density at radius 1 is 1.31 bits per heavy atom. The first-order chi connectivity index (χ1) is 7.58. The molecule has 0 aliphatic heterocycles. The van der Waals surface area contributed by atoms with Crippen molar-refractivity contribution in [3.63, 3.8) is 0 Å². The smallest absolute Gasteiger partial charge is 0.374 e. The summed E-state index contributed by atoms with van der Waals surface area (Å²) >= 11 is 0. The number of rotatable bonds is 4. The van der Waals surface area contributed by atoms with E-state index in [1.165, 1.54) is 19.2 Å². The number of ketones is 1. The van der Waals surface area contributed by atoms with Crippen molar-refractivity contribution in [1.82, 2.24) is 0 Å². The summed E-state index contributed by atoms with van der Waals surface area (Å²) in [5, 5.41) is 9.32. The van der Waals surface area contributed by atoms with Gasteiger partial charge < -0.3 is 14.6 Å². The fraction of sp³-hybridized carbons (Fsp3) is 0.273. The molecular formula is C11H12O5. The molecular weight excluding hydrogens is 212 g/mol. The number of ether oxygens (including phenoxy) is 2. The van der Waals surface area contributed by atoms with Gasteiger partial charge in [0.25, 0.3) is 0 Å². The summed E-state index contributed by atoms with van der Waals surface area (Å²) in [4.78, 5) is 22.1.